The van der Waals surface area contributed by atoms with Crippen molar-refractivity contribution >= 4 is 17.7 Å². The van der Waals surface area contributed by atoms with Gasteiger partial charge in [-0.3, -0.25) is 4.79 Å². The highest BCUT2D eigenvalue weighted by Crippen LogP contribution is 2.06. The van der Waals surface area contributed by atoms with Crippen molar-refractivity contribution in [3.8, 4) is 0 Å². The molecular formula is C11H14O5. The van der Waals surface area contributed by atoms with Crippen LogP contribution in [-0.4, -0.2) is 28.9 Å². The Morgan fingerprint density at radius 2 is 1.94 bits per heavy atom. The molecule has 1 N–H and O–H groups in total. The van der Waals surface area contributed by atoms with Crippen LogP contribution in [0.25, 0.3) is 0 Å². The number of esters is 1. The number of hydrogen-bond acceptors (Lipinski definition) is 4. The summed E-state index contributed by atoms with van der Waals surface area (Å²) in [6.07, 6.45) is 0.832. The SMILES string of the molecule is C=C(C)C(=O)C(CC)OC(=O)/C=C\C(=O)O. The van der Waals surface area contributed by atoms with Gasteiger partial charge >= 0.3 is 11.9 Å². The molecule has 0 radical (unpaired) electrons. The summed E-state index contributed by atoms with van der Waals surface area (Å²) < 4.78 is 4.77. The Bertz CT molecular complexity index is 340. The Labute approximate surface area is 93.4 Å². The molecule has 0 saturated carbocycles. The third kappa shape index (κ3) is 5.09. The molecule has 1 unspecified atom stereocenters. The van der Waals surface area contributed by atoms with Crippen LogP contribution in [-0.2, 0) is 19.1 Å². The summed E-state index contributed by atoms with van der Waals surface area (Å²) >= 11 is 0. The van der Waals surface area contributed by atoms with E-state index in [1.807, 2.05) is 0 Å². The second-order valence-electron chi connectivity index (χ2n) is 3.15. The molecule has 1 atom stereocenters. The number of aliphatic carboxylic acids is 1. The fraction of sp³-hybridized carbons (Fsp3) is 0.364. The smallest absolute Gasteiger partial charge is 0.331 e. The highest BCUT2D eigenvalue weighted by Gasteiger charge is 2.20. The molecule has 0 rings (SSSR count). The lowest BCUT2D eigenvalue weighted by atomic mass is 10.1. The monoisotopic (exact) mass is 226 g/mol. The number of Topliss-reactive ketones (excluding diaryl/α,β-unsaturated/α-hetero) is 1. The van der Waals surface area contributed by atoms with Gasteiger partial charge in [0.05, 0.1) is 0 Å². The van der Waals surface area contributed by atoms with Gasteiger partial charge in [-0.15, -0.1) is 0 Å². The molecule has 0 aromatic heterocycles. The number of carboxylic acids is 1. The van der Waals surface area contributed by atoms with E-state index >= 15 is 0 Å². The van der Waals surface area contributed by atoms with E-state index in [-0.39, 0.29) is 5.78 Å². The fourth-order valence-electron chi connectivity index (χ4n) is 0.916. The van der Waals surface area contributed by atoms with E-state index in [2.05, 4.69) is 6.58 Å². The first-order valence-electron chi connectivity index (χ1n) is 4.69. The van der Waals surface area contributed by atoms with Crippen molar-refractivity contribution in [1.29, 1.82) is 0 Å². The molecule has 0 aliphatic rings. The van der Waals surface area contributed by atoms with Gasteiger partial charge in [-0.25, -0.2) is 9.59 Å². The topological polar surface area (TPSA) is 80.7 Å². The quantitative estimate of drug-likeness (QED) is 0.541. The number of carbonyl (C=O) groups is 3. The van der Waals surface area contributed by atoms with Crippen molar-refractivity contribution in [1.82, 2.24) is 0 Å². The average molecular weight is 226 g/mol. The zero-order valence-electron chi connectivity index (χ0n) is 9.23. The van der Waals surface area contributed by atoms with Gasteiger partial charge in [-0.05, 0) is 18.9 Å². The van der Waals surface area contributed by atoms with Gasteiger partial charge in [0.2, 0.25) is 0 Å². The number of ether oxygens (including phenoxy) is 1. The summed E-state index contributed by atoms with van der Waals surface area (Å²) in [5, 5.41) is 8.28. The summed E-state index contributed by atoms with van der Waals surface area (Å²) in [6, 6.07) is 0. The fourth-order valence-corrected chi connectivity index (χ4v) is 0.916. The maximum absolute atomic E-state index is 11.4. The minimum absolute atomic E-state index is 0.293. The summed E-state index contributed by atoms with van der Waals surface area (Å²) in [5.74, 6) is -2.47. The second kappa shape index (κ2) is 6.55. The third-order valence-corrected chi connectivity index (χ3v) is 1.70. The lowest BCUT2D eigenvalue weighted by Crippen LogP contribution is -2.26. The van der Waals surface area contributed by atoms with E-state index in [1.165, 1.54) is 6.92 Å². The normalized spacial score (nSPS) is 12.1. The predicted molar refractivity (Wildman–Crippen MR) is 56.8 cm³/mol. The number of ketones is 1. The van der Waals surface area contributed by atoms with Crippen molar-refractivity contribution in [3.63, 3.8) is 0 Å². The maximum Gasteiger partial charge on any atom is 0.331 e. The van der Waals surface area contributed by atoms with Crippen LogP contribution in [0, 0.1) is 0 Å². The molecule has 5 nitrogen and oxygen atoms in total. The molecule has 0 aliphatic heterocycles. The summed E-state index contributed by atoms with van der Waals surface area (Å²) in [7, 11) is 0. The van der Waals surface area contributed by atoms with Crippen LogP contribution in [0.2, 0.25) is 0 Å². The van der Waals surface area contributed by atoms with Gasteiger partial charge in [0, 0.05) is 12.2 Å². The van der Waals surface area contributed by atoms with Crippen molar-refractivity contribution in [3.05, 3.63) is 24.3 Å². The highest BCUT2D eigenvalue weighted by atomic mass is 16.5. The first-order valence-corrected chi connectivity index (χ1v) is 4.69. The number of hydrogen-bond donors (Lipinski definition) is 1. The van der Waals surface area contributed by atoms with E-state index in [4.69, 9.17) is 9.84 Å². The molecule has 0 aliphatic carbocycles. The highest BCUT2D eigenvalue weighted by molar-refractivity contribution is 5.99. The van der Waals surface area contributed by atoms with Gasteiger partial charge in [0.15, 0.2) is 11.9 Å². The molecule has 0 aromatic rings. The predicted octanol–water partition coefficient (Wildman–Crippen LogP) is 1.09. The number of carbonyl (C=O) groups excluding carboxylic acids is 2. The standard InChI is InChI=1S/C11H14O5/c1-4-8(11(15)7(2)3)16-10(14)6-5-9(12)13/h5-6,8H,2,4H2,1,3H3,(H,12,13)/b6-5-. The molecule has 88 valence electrons. The van der Waals surface area contributed by atoms with Crippen LogP contribution < -0.4 is 0 Å². The molecule has 0 saturated heterocycles. The van der Waals surface area contributed by atoms with Crippen LogP contribution in [0.1, 0.15) is 20.3 Å². The minimum atomic E-state index is -1.25. The summed E-state index contributed by atoms with van der Waals surface area (Å²) in [6.45, 7) is 6.65. The van der Waals surface area contributed by atoms with Crippen LogP contribution in [0.15, 0.2) is 24.3 Å². The Kier molecular flexibility index (Phi) is 5.77. The molecule has 0 amide bonds. The summed E-state index contributed by atoms with van der Waals surface area (Å²) in [4.78, 5) is 32.6. The van der Waals surface area contributed by atoms with Crippen LogP contribution in [0.3, 0.4) is 0 Å². The molecule has 0 bridgehead atoms. The van der Waals surface area contributed by atoms with Gasteiger partial charge in [0.1, 0.15) is 0 Å². The van der Waals surface area contributed by atoms with E-state index in [0.717, 1.165) is 6.08 Å². The van der Waals surface area contributed by atoms with Gasteiger partial charge in [-0.2, -0.15) is 0 Å². The van der Waals surface area contributed by atoms with E-state index in [1.54, 1.807) is 6.92 Å². The Morgan fingerprint density at radius 3 is 2.31 bits per heavy atom. The first kappa shape index (κ1) is 14.1. The molecule has 0 fully saturated rings. The van der Waals surface area contributed by atoms with E-state index < -0.39 is 18.0 Å². The zero-order valence-corrected chi connectivity index (χ0v) is 9.23. The maximum atomic E-state index is 11.4. The zero-order chi connectivity index (χ0) is 12.7. The number of carboxylic acid groups (broad SMARTS) is 1. The van der Waals surface area contributed by atoms with Gasteiger partial charge in [-0.1, -0.05) is 13.5 Å². The largest absolute Gasteiger partial charge is 0.478 e. The molecule has 16 heavy (non-hydrogen) atoms. The third-order valence-electron chi connectivity index (χ3n) is 1.70. The molecule has 0 heterocycles. The lowest BCUT2D eigenvalue weighted by molar-refractivity contribution is -0.149. The van der Waals surface area contributed by atoms with Crippen molar-refractivity contribution in [2.24, 2.45) is 0 Å². The van der Waals surface area contributed by atoms with Crippen molar-refractivity contribution in [2.75, 3.05) is 0 Å². The molecule has 0 spiro atoms. The van der Waals surface area contributed by atoms with E-state index in [0.29, 0.717) is 18.1 Å². The lowest BCUT2D eigenvalue weighted by Gasteiger charge is -2.13. The summed E-state index contributed by atoms with van der Waals surface area (Å²) in [5.41, 5.74) is 0.293. The number of rotatable bonds is 6. The Balaban J connectivity index is 4.44. The minimum Gasteiger partial charge on any atom is -0.478 e. The van der Waals surface area contributed by atoms with Crippen LogP contribution >= 0.6 is 0 Å². The van der Waals surface area contributed by atoms with Crippen LogP contribution in [0.4, 0.5) is 0 Å². The van der Waals surface area contributed by atoms with Crippen molar-refractivity contribution in [2.45, 2.75) is 26.4 Å². The van der Waals surface area contributed by atoms with Crippen molar-refractivity contribution < 1.29 is 24.2 Å². The van der Waals surface area contributed by atoms with E-state index in [9.17, 15) is 14.4 Å². The average Bonchev–Trinajstić information content (AvgIpc) is 2.21. The Hall–Kier alpha value is -1.91. The van der Waals surface area contributed by atoms with Crippen LogP contribution in [0.5, 0.6) is 0 Å². The molecule has 5 heteroatoms. The Morgan fingerprint density at radius 1 is 1.38 bits per heavy atom. The molecular weight excluding hydrogens is 212 g/mol. The molecule has 0 aromatic carbocycles. The second-order valence-corrected chi connectivity index (χ2v) is 3.15. The van der Waals surface area contributed by atoms with Gasteiger partial charge in [0.25, 0.3) is 0 Å². The first-order chi connectivity index (χ1) is 7.38. The van der Waals surface area contributed by atoms with Gasteiger partial charge < -0.3 is 9.84 Å².